The van der Waals surface area contributed by atoms with Gasteiger partial charge in [-0.1, -0.05) is 20.8 Å². The molecule has 1 heterocycles. The van der Waals surface area contributed by atoms with Crippen LogP contribution < -0.4 is 0 Å². The lowest BCUT2D eigenvalue weighted by atomic mass is 9.45. The van der Waals surface area contributed by atoms with E-state index in [1.54, 1.807) is 0 Å². The fourth-order valence-electron chi connectivity index (χ4n) is 4.26. The first kappa shape index (κ1) is 16.0. The lowest BCUT2D eigenvalue weighted by molar-refractivity contribution is -0.385. The number of aromatic nitrogens is 2. The Bertz CT molecular complexity index is 625. The van der Waals surface area contributed by atoms with E-state index in [2.05, 4.69) is 25.9 Å². The van der Waals surface area contributed by atoms with Crippen LogP contribution in [-0.4, -0.2) is 26.8 Å². The van der Waals surface area contributed by atoms with E-state index < -0.39 is 4.92 Å². The molecule has 1 aromatic heterocycles. The largest absolute Gasteiger partial charge is 0.462 e. The minimum absolute atomic E-state index is 0.00577. The normalized spacial score (nSPS) is 31.3. The average Bonchev–Trinajstić information content (AvgIpc) is 2.96. The van der Waals surface area contributed by atoms with Crippen LogP contribution in [0.1, 0.15) is 40.0 Å². The fraction of sp³-hybridized carbons (Fsp3) is 0.750. The van der Waals surface area contributed by atoms with Gasteiger partial charge in [-0.25, -0.2) is 0 Å². The molecule has 4 atom stereocenters. The molecule has 0 spiro atoms. The minimum atomic E-state index is -0.500. The van der Waals surface area contributed by atoms with Gasteiger partial charge >= 0.3 is 11.7 Å². The van der Waals surface area contributed by atoms with Gasteiger partial charge in [0.25, 0.3) is 0 Å². The quantitative estimate of drug-likeness (QED) is 0.473. The van der Waals surface area contributed by atoms with Gasteiger partial charge in [0.15, 0.2) is 0 Å². The van der Waals surface area contributed by atoms with Gasteiger partial charge < -0.3 is 4.74 Å². The van der Waals surface area contributed by atoms with Crippen molar-refractivity contribution in [2.45, 2.75) is 52.7 Å². The molecular weight excluding hydrogens is 298 g/mol. The zero-order valence-corrected chi connectivity index (χ0v) is 13.8. The van der Waals surface area contributed by atoms with Crippen LogP contribution in [0, 0.1) is 33.3 Å². The van der Waals surface area contributed by atoms with Crippen molar-refractivity contribution in [2.75, 3.05) is 0 Å². The van der Waals surface area contributed by atoms with Gasteiger partial charge in [-0.15, -0.1) is 0 Å². The molecule has 1 aromatic rings. The molecular formula is C16H23N3O4. The van der Waals surface area contributed by atoms with Gasteiger partial charge in [0.05, 0.1) is 17.9 Å². The van der Waals surface area contributed by atoms with Crippen molar-refractivity contribution in [3.05, 3.63) is 22.5 Å². The number of nitro groups is 1. The van der Waals surface area contributed by atoms with Gasteiger partial charge in [0.2, 0.25) is 0 Å². The van der Waals surface area contributed by atoms with E-state index in [0.29, 0.717) is 29.7 Å². The third kappa shape index (κ3) is 2.84. The summed E-state index contributed by atoms with van der Waals surface area (Å²) in [5.41, 5.74) is 0.303. The summed E-state index contributed by atoms with van der Waals surface area (Å²) in [6.07, 6.45) is 4.90. The first-order valence-corrected chi connectivity index (χ1v) is 8.15. The van der Waals surface area contributed by atoms with E-state index in [-0.39, 0.29) is 24.2 Å². The second kappa shape index (κ2) is 5.62. The number of ether oxygens (including phenoxy) is 1. The molecule has 126 valence electrons. The summed E-state index contributed by atoms with van der Waals surface area (Å²) >= 11 is 0. The number of fused-ring (bicyclic) bond motifs is 2. The number of hydrogen-bond donors (Lipinski definition) is 0. The van der Waals surface area contributed by atoms with E-state index >= 15 is 0 Å². The number of hydrogen-bond acceptors (Lipinski definition) is 5. The molecule has 23 heavy (non-hydrogen) atoms. The van der Waals surface area contributed by atoms with Crippen LogP contribution in [0.2, 0.25) is 0 Å². The zero-order valence-electron chi connectivity index (χ0n) is 13.8. The van der Waals surface area contributed by atoms with Crippen molar-refractivity contribution >= 4 is 11.7 Å². The van der Waals surface area contributed by atoms with Crippen LogP contribution in [-0.2, 0) is 16.1 Å². The first-order chi connectivity index (χ1) is 10.8. The predicted octanol–water partition coefficient (Wildman–Crippen LogP) is 2.80. The number of nitrogens with zero attached hydrogens (tertiary/aromatic N) is 3. The monoisotopic (exact) mass is 321 g/mol. The summed E-state index contributed by atoms with van der Waals surface area (Å²) in [6, 6.07) is 0. The Balaban J connectivity index is 1.49. The van der Waals surface area contributed by atoms with Crippen LogP contribution >= 0.6 is 0 Å². The second-order valence-corrected chi connectivity index (χ2v) is 7.45. The molecule has 0 saturated heterocycles. The Morgan fingerprint density at radius 2 is 2.26 bits per heavy atom. The molecule has 0 radical (unpaired) electrons. The molecule has 4 rings (SSSR count). The molecule has 3 saturated carbocycles. The summed E-state index contributed by atoms with van der Waals surface area (Å²) < 4.78 is 7.07. The summed E-state index contributed by atoms with van der Waals surface area (Å²) in [6.45, 7) is 7.10. The summed E-state index contributed by atoms with van der Waals surface area (Å²) in [5.74, 6) is 1.42. The number of aryl methyl sites for hydroxylation is 1. The lowest BCUT2D eigenvalue weighted by Crippen LogP contribution is -2.57. The van der Waals surface area contributed by atoms with E-state index in [1.807, 2.05) is 0 Å². The molecule has 0 amide bonds. The Kier molecular flexibility index (Phi) is 3.90. The highest BCUT2D eigenvalue weighted by atomic mass is 16.6. The summed E-state index contributed by atoms with van der Waals surface area (Å²) in [4.78, 5) is 22.2. The highest BCUT2D eigenvalue weighted by Gasteiger charge is 2.57. The van der Waals surface area contributed by atoms with Gasteiger partial charge in [0, 0.05) is 0 Å². The van der Waals surface area contributed by atoms with Gasteiger partial charge in [0.1, 0.15) is 18.5 Å². The van der Waals surface area contributed by atoms with Crippen molar-refractivity contribution in [3.8, 4) is 0 Å². The van der Waals surface area contributed by atoms with Gasteiger partial charge in [-0.3, -0.25) is 19.6 Å². The Morgan fingerprint density at radius 3 is 2.83 bits per heavy atom. The number of carbonyl (C=O) groups excluding carboxylic acids is 1. The molecule has 3 fully saturated rings. The van der Waals surface area contributed by atoms with E-state index in [4.69, 9.17) is 4.74 Å². The Hall–Kier alpha value is -1.92. The maximum atomic E-state index is 12.1. The molecule has 3 aliphatic carbocycles. The highest BCUT2D eigenvalue weighted by molar-refractivity contribution is 5.69. The topological polar surface area (TPSA) is 87.3 Å². The fourth-order valence-corrected chi connectivity index (χ4v) is 4.26. The number of esters is 1. The average molecular weight is 321 g/mol. The number of carbonyl (C=O) groups is 1. The zero-order chi connectivity index (χ0) is 16.8. The Labute approximate surface area is 135 Å². The highest BCUT2D eigenvalue weighted by Crippen LogP contribution is 2.61. The van der Waals surface area contributed by atoms with Crippen molar-refractivity contribution < 1.29 is 14.5 Å². The van der Waals surface area contributed by atoms with Gasteiger partial charge in [-0.2, -0.15) is 5.10 Å². The molecule has 2 bridgehead atoms. The van der Waals surface area contributed by atoms with Gasteiger partial charge in [-0.05, 0) is 36.0 Å². The SMILES string of the molecule is C[C@H]1[C@H]2C[C@H](C[C@H]1OC(=O)CCn1cc([N+](=O)[O-])cn1)C2(C)C. The summed E-state index contributed by atoms with van der Waals surface area (Å²) in [5, 5.41) is 14.5. The summed E-state index contributed by atoms with van der Waals surface area (Å²) in [7, 11) is 0. The van der Waals surface area contributed by atoms with E-state index in [1.165, 1.54) is 23.5 Å². The maximum absolute atomic E-state index is 12.1. The lowest BCUT2D eigenvalue weighted by Gasteiger charge is -2.61. The smallest absolute Gasteiger partial charge is 0.307 e. The van der Waals surface area contributed by atoms with Crippen molar-refractivity contribution in [3.63, 3.8) is 0 Å². The Morgan fingerprint density at radius 1 is 1.52 bits per heavy atom. The van der Waals surface area contributed by atoms with Crippen molar-refractivity contribution in [1.29, 1.82) is 0 Å². The predicted molar refractivity (Wildman–Crippen MR) is 82.5 cm³/mol. The first-order valence-electron chi connectivity index (χ1n) is 8.15. The molecule has 7 heteroatoms. The third-order valence-corrected chi connectivity index (χ3v) is 5.94. The molecule has 0 aliphatic heterocycles. The number of rotatable bonds is 5. The molecule has 7 nitrogen and oxygen atoms in total. The maximum Gasteiger partial charge on any atom is 0.307 e. The van der Waals surface area contributed by atoms with E-state index in [0.717, 1.165) is 6.42 Å². The van der Waals surface area contributed by atoms with Crippen LogP contribution in [0.3, 0.4) is 0 Å². The van der Waals surface area contributed by atoms with Crippen LogP contribution in [0.15, 0.2) is 12.4 Å². The standard InChI is InChI=1S/C16H23N3O4/c1-10-13-6-11(16(13,2)3)7-14(10)23-15(20)4-5-18-9-12(8-17-18)19(21)22/h8-11,13-14H,4-7H2,1-3H3/t10-,11+,13+,14+/m0/s1. The van der Waals surface area contributed by atoms with Crippen molar-refractivity contribution in [1.82, 2.24) is 9.78 Å². The molecule has 0 N–H and O–H groups in total. The molecule has 3 aliphatic rings. The molecule has 0 aromatic carbocycles. The third-order valence-electron chi connectivity index (χ3n) is 5.94. The second-order valence-electron chi connectivity index (χ2n) is 7.45. The van der Waals surface area contributed by atoms with Crippen LogP contribution in [0.5, 0.6) is 0 Å². The minimum Gasteiger partial charge on any atom is -0.462 e. The van der Waals surface area contributed by atoms with Crippen LogP contribution in [0.4, 0.5) is 5.69 Å². The van der Waals surface area contributed by atoms with E-state index in [9.17, 15) is 14.9 Å². The van der Waals surface area contributed by atoms with Crippen molar-refractivity contribution in [2.24, 2.45) is 23.2 Å². The molecule has 0 unspecified atom stereocenters. The van der Waals surface area contributed by atoms with Crippen LogP contribution in [0.25, 0.3) is 0 Å².